The number of aromatic nitrogens is 2. The Bertz CT molecular complexity index is 1230. The Morgan fingerprint density at radius 1 is 1.03 bits per heavy atom. The number of fused-ring (bicyclic) bond motifs is 1. The van der Waals surface area contributed by atoms with Gasteiger partial charge in [0.15, 0.2) is 0 Å². The molecule has 1 aliphatic heterocycles. The van der Waals surface area contributed by atoms with E-state index in [1.807, 2.05) is 25.1 Å². The van der Waals surface area contributed by atoms with Crippen molar-refractivity contribution in [1.82, 2.24) is 18.6 Å². The fourth-order valence-electron chi connectivity index (χ4n) is 3.88. The van der Waals surface area contributed by atoms with Gasteiger partial charge in [-0.15, -0.1) is 0 Å². The predicted molar refractivity (Wildman–Crippen MR) is 118 cm³/mol. The monoisotopic (exact) mass is 442 g/mol. The zero-order valence-electron chi connectivity index (χ0n) is 17.7. The highest BCUT2D eigenvalue weighted by Crippen LogP contribution is 2.20. The van der Waals surface area contributed by atoms with Crippen LogP contribution in [-0.2, 0) is 16.4 Å². The van der Waals surface area contributed by atoms with Gasteiger partial charge in [-0.05, 0) is 49.7 Å². The van der Waals surface area contributed by atoms with Gasteiger partial charge in [0.05, 0.1) is 12.0 Å². The van der Waals surface area contributed by atoms with Crippen molar-refractivity contribution >= 4 is 15.7 Å². The van der Waals surface area contributed by atoms with Crippen molar-refractivity contribution in [2.45, 2.75) is 18.2 Å². The zero-order valence-corrected chi connectivity index (χ0v) is 18.5. The van der Waals surface area contributed by atoms with Gasteiger partial charge in [-0.2, -0.15) is 4.31 Å². The second-order valence-corrected chi connectivity index (χ2v) is 9.52. The molecule has 1 aromatic carbocycles. The molecule has 1 aliphatic rings. The second kappa shape index (κ2) is 8.78. The van der Waals surface area contributed by atoms with Crippen LogP contribution in [0.5, 0.6) is 5.75 Å². The lowest BCUT2D eigenvalue weighted by Crippen LogP contribution is -2.49. The summed E-state index contributed by atoms with van der Waals surface area (Å²) >= 11 is 0. The normalized spacial score (nSPS) is 15.9. The van der Waals surface area contributed by atoms with E-state index < -0.39 is 10.0 Å². The lowest BCUT2D eigenvalue weighted by molar-refractivity contribution is 0.190. The molecule has 4 rings (SSSR count). The Morgan fingerprint density at radius 3 is 2.42 bits per heavy atom. The fourth-order valence-corrected chi connectivity index (χ4v) is 5.31. The van der Waals surface area contributed by atoms with Gasteiger partial charge < -0.3 is 9.64 Å². The van der Waals surface area contributed by atoms with E-state index in [1.165, 1.54) is 4.31 Å². The number of rotatable bonds is 6. The number of ether oxygens (including phenoxy) is 1. The first-order valence-electron chi connectivity index (χ1n) is 10.2. The average molecular weight is 443 g/mol. The third-order valence-corrected chi connectivity index (χ3v) is 7.65. The third-order valence-electron chi connectivity index (χ3n) is 5.74. The predicted octanol–water partition coefficient (Wildman–Crippen LogP) is 1.56. The number of pyridine rings is 1. The Labute approximate surface area is 181 Å². The standard InChI is InChI=1S/C22H26N4O4S/c1-17-20(22(27)26-11-4-3-5-21(26)23-17)10-12-24-13-15-25(16-14-24)31(28,29)19-8-6-18(30-2)7-9-19/h3-9,11H,10,12-16H2,1-2H3. The van der Waals surface area contributed by atoms with Gasteiger partial charge in [0.25, 0.3) is 5.56 Å². The molecule has 0 N–H and O–H groups in total. The number of methoxy groups -OCH3 is 1. The molecule has 0 bridgehead atoms. The number of hydrogen-bond acceptors (Lipinski definition) is 6. The van der Waals surface area contributed by atoms with Gasteiger partial charge in [-0.3, -0.25) is 9.20 Å². The maximum Gasteiger partial charge on any atom is 0.261 e. The van der Waals surface area contributed by atoms with E-state index in [1.54, 1.807) is 42.0 Å². The summed E-state index contributed by atoms with van der Waals surface area (Å²) < 4.78 is 34.0. The van der Waals surface area contributed by atoms with E-state index >= 15 is 0 Å². The van der Waals surface area contributed by atoms with Crippen LogP contribution in [0, 0.1) is 6.92 Å². The van der Waals surface area contributed by atoms with E-state index in [4.69, 9.17) is 4.74 Å². The third kappa shape index (κ3) is 4.34. The largest absolute Gasteiger partial charge is 0.497 e. The minimum absolute atomic E-state index is 0.0381. The maximum atomic E-state index is 12.9. The summed E-state index contributed by atoms with van der Waals surface area (Å²) in [7, 11) is -1.98. The van der Waals surface area contributed by atoms with Crippen molar-refractivity contribution in [2.24, 2.45) is 0 Å². The minimum atomic E-state index is -3.53. The molecule has 0 unspecified atom stereocenters. The van der Waals surface area contributed by atoms with E-state index in [2.05, 4.69) is 9.88 Å². The molecule has 0 aliphatic carbocycles. The molecule has 9 heteroatoms. The number of hydrogen-bond donors (Lipinski definition) is 0. The number of benzene rings is 1. The molecule has 0 atom stereocenters. The van der Waals surface area contributed by atoms with Crippen molar-refractivity contribution in [3.8, 4) is 5.75 Å². The molecule has 2 aromatic heterocycles. The van der Waals surface area contributed by atoms with Crippen LogP contribution in [0.25, 0.3) is 5.65 Å². The Balaban J connectivity index is 1.39. The quantitative estimate of drug-likeness (QED) is 0.576. The summed E-state index contributed by atoms with van der Waals surface area (Å²) in [5.41, 5.74) is 2.06. The molecule has 3 aromatic rings. The SMILES string of the molecule is COc1ccc(S(=O)(=O)N2CCN(CCc3c(C)nc4ccccn4c3=O)CC2)cc1. The number of piperazine rings is 1. The molecule has 1 saturated heterocycles. The van der Waals surface area contributed by atoms with Crippen molar-refractivity contribution in [3.05, 3.63) is 70.3 Å². The molecular weight excluding hydrogens is 416 g/mol. The Hall–Kier alpha value is -2.75. The van der Waals surface area contributed by atoms with Crippen LogP contribution in [0.15, 0.2) is 58.4 Å². The lowest BCUT2D eigenvalue weighted by atomic mass is 10.1. The van der Waals surface area contributed by atoms with Crippen LogP contribution in [0.2, 0.25) is 0 Å². The van der Waals surface area contributed by atoms with Gasteiger partial charge >= 0.3 is 0 Å². The van der Waals surface area contributed by atoms with Gasteiger partial charge in [-0.1, -0.05) is 6.07 Å². The summed E-state index contributed by atoms with van der Waals surface area (Å²) in [5.74, 6) is 0.623. The molecule has 0 saturated carbocycles. The molecule has 164 valence electrons. The van der Waals surface area contributed by atoms with Crippen LogP contribution < -0.4 is 10.3 Å². The van der Waals surface area contributed by atoms with Crippen molar-refractivity contribution < 1.29 is 13.2 Å². The number of aryl methyl sites for hydroxylation is 1. The smallest absolute Gasteiger partial charge is 0.261 e. The molecule has 0 radical (unpaired) electrons. The van der Waals surface area contributed by atoms with Crippen molar-refractivity contribution in [2.75, 3.05) is 39.8 Å². The van der Waals surface area contributed by atoms with Crippen molar-refractivity contribution in [3.63, 3.8) is 0 Å². The molecule has 0 amide bonds. The molecule has 31 heavy (non-hydrogen) atoms. The minimum Gasteiger partial charge on any atom is -0.497 e. The van der Waals surface area contributed by atoms with E-state index in [9.17, 15) is 13.2 Å². The first-order chi connectivity index (χ1) is 14.9. The van der Waals surface area contributed by atoms with Crippen molar-refractivity contribution in [1.29, 1.82) is 0 Å². The molecule has 0 spiro atoms. The van der Waals surface area contributed by atoms with E-state index in [0.717, 1.165) is 5.69 Å². The highest BCUT2D eigenvalue weighted by molar-refractivity contribution is 7.89. The van der Waals surface area contributed by atoms with Gasteiger partial charge in [0.2, 0.25) is 10.0 Å². The van der Waals surface area contributed by atoms with Gasteiger partial charge in [0, 0.05) is 50.2 Å². The summed E-state index contributed by atoms with van der Waals surface area (Å²) in [4.78, 5) is 19.8. The van der Waals surface area contributed by atoms with E-state index in [-0.39, 0.29) is 10.5 Å². The van der Waals surface area contributed by atoms with Crippen LogP contribution in [0.1, 0.15) is 11.3 Å². The summed E-state index contributed by atoms with van der Waals surface area (Å²) in [6.07, 6.45) is 2.32. The summed E-state index contributed by atoms with van der Waals surface area (Å²) in [6, 6.07) is 12.0. The van der Waals surface area contributed by atoms with Crippen LogP contribution in [0.4, 0.5) is 0 Å². The topological polar surface area (TPSA) is 84.2 Å². The maximum absolute atomic E-state index is 12.9. The van der Waals surface area contributed by atoms with Crippen LogP contribution in [0.3, 0.4) is 0 Å². The second-order valence-electron chi connectivity index (χ2n) is 7.58. The molecule has 3 heterocycles. The average Bonchev–Trinajstić information content (AvgIpc) is 2.79. The van der Waals surface area contributed by atoms with Gasteiger partial charge in [0.1, 0.15) is 11.4 Å². The summed E-state index contributed by atoms with van der Waals surface area (Å²) in [6.45, 7) is 4.63. The number of sulfonamides is 1. The van der Waals surface area contributed by atoms with Gasteiger partial charge in [-0.25, -0.2) is 13.4 Å². The highest BCUT2D eigenvalue weighted by Gasteiger charge is 2.28. The number of nitrogens with zero attached hydrogens (tertiary/aromatic N) is 4. The molecule has 8 nitrogen and oxygen atoms in total. The lowest BCUT2D eigenvalue weighted by Gasteiger charge is -2.34. The Morgan fingerprint density at radius 2 is 1.74 bits per heavy atom. The first-order valence-corrected chi connectivity index (χ1v) is 11.7. The van der Waals surface area contributed by atoms with Crippen LogP contribution in [-0.4, -0.2) is 66.8 Å². The molecular formula is C22H26N4O4S. The Kier molecular flexibility index (Phi) is 6.08. The zero-order chi connectivity index (χ0) is 22.0. The fraction of sp³-hybridized carbons (Fsp3) is 0.364. The summed E-state index contributed by atoms with van der Waals surface area (Å²) in [5, 5.41) is 0. The highest BCUT2D eigenvalue weighted by atomic mass is 32.2. The first kappa shape index (κ1) is 21.5. The van der Waals surface area contributed by atoms with Crippen LogP contribution >= 0.6 is 0 Å². The molecule has 1 fully saturated rings. The van der Waals surface area contributed by atoms with E-state index in [0.29, 0.717) is 56.1 Å².